The predicted octanol–water partition coefficient (Wildman–Crippen LogP) is 16.4. The van der Waals surface area contributed by atoms with Gasteiger partial charge in [-0.25, -0.2) is 4.98 Å². The number of allylic oxidation sites excluding steroid dienone is 2. The van der Waals surface area contributed by atoms with Gasteiger partial charge in [-0.05, 0) is 79.9 Å². The average molecular weight is 1100 g/mol. The molecule has 1 aliphatic heterocycles. The topological polar surface area (TPSA) is 33.5 Å². The van der Waals surface area contributed by atoms with Gasteiger partial charge in [0.05, 0.1) is 0 Å². The summed E-state index contributed by atoms with van der Waals surface area (Å²) in [6.45, 7) is 25.3. The minimum absolute atomic E-state index is 0. The molecule has 7 aromatic carbocycles. The Morgan fingerprint density at radius 3 is 1.70 bits per heavy atom. The van der Waals surface area contributed by atoms with E-state index in [9.17, 15) is 0 Å². The molecule has 0 unspecified atom stereocenters. The summed E-state index contributed by atoms with van der Waals surface area (Å²) < 4.78 is 9.04. The minimum atomic E-state index is -0.479. The number of rotatable bonds is 10. The third kappa shape index (κ3) is 9.01. The van der Waals surface area contributed by atoms with E-state index in [0.717, 1.165) is 44.7 Å². The molecule has 0 spiro atoms. The van der Waals surface area contributed by atoms with Crippen LogP contribution in [0.25, 0.3) is 38.8 Å². The van der Waals surface area contributed by atoms with Crippen molar-refractivity contribution in [2.24, 2.45) is 0 Å². The number of anilines is 2. The van der Waals surface area contributed by atoms with Crippen LogP contribution < -0.4 is 14.5 Å². The summed E-state index contributed by atoms with van der Waals surface area (Å²) in [6.07, 6.45) is 1.91. The number of fused-ring (bicyclic) bond motifs is 3. The van der Waals surface area contributed by atoms with Gasteiger partial charge in [-0.3, -0.25) is 0 Å². The van der Waals surface area contributed by atoms with Crippen molar-refractivity contribution in [1.82, 2.24) is 9.55 Å². The fourth-order valence-corrected chi connectivity index (χ4v) is 9.93. The van der Waals surface area contributed by atoms with E-state index in [0.29, 0.717) is 11.5 Å². The number of ether oxygens (including phenoxy) is 1. The molecule has 2 aromatic heterocycles. The third-order valence-corrected chi connectivity index (χ3v) is 13.9. The summed E-state index contributed by atoms with van der Waals surface area (Å²) in [6, 6.07) is 70.2. The second-order valence-electron chi connectivity index (χ2n) is 21.5. The largest absolute Gasteiger partial charge is 0.509 e. The van der Waals surface area contributed by atoms with Crippen molar-refractivity contribution in [2.75, 3.05) is 9.80 Å². The van der Waals surface area contributed by atoms with Crippen LogP contribution in [0, 0.1) is 18.8 Å². The van der Waals surface area contributed by atoms with Crippen molar-refractivity contribution < 1.29 is 25.8 Å². The Morgan fingerprint density at radius 1 is 0.471 bits per heavy atom. The van der Waals surface area contributed by atoms with Crippen LogP contribution >= 0.6 is 0 Å². The fraction of sp³-hybridized carbons (Fsp3) is 0.219. The molecular weight excluding hydrogens is 1040 g/mol. The van der Waals surface area contributed by atoms with Gasteiger partial charge in [-0.1, -0.05) is 190 Å². The number of nitrogens with zero attached hydrogens (tertiary/aromatic N) is 4. The number of hydrogen-bond donors (Lipinski definition) is 0. The third-order valence-electron chi connectivity index (χ3n) is 13.9. The van der Waals surface area contributed by atoms with Crippen molar-refractivity contribution in [3.8, 4) is 28.4 Å². The molecule has 10 rings (SSSR count). The second kappa shape index (κ2) is 18.6. The maximum atomic E-state index is 6.83. The van der Waals surface area contributed by atoms with Gasteiger partial charge in [-0.2, -0.15) is 12.1 Å². The second-order valence-corrected chi connectivity index (χ2v) is 21.5. The van der Waals surface area contributed by atoms with Gasteiger partial charge < -0.3 is 19.1 Å². The smallest absolute Gasteiger partial charge is 0.135 e. The summed E-state index contributed by atoms with van der Waals surface area (Å²) in [5.41, 5.74) is 12.5. The molecule has 1 aliphatic rings. The van der Waals surface area contributed by atoms with Crippen LogP contribution in [0.3, 0.4) is 0 Å². The van der Waals surface area contributed by atoms with E-state index in [4.69, 9.17) is 9.72 Å². The molecule has 0 fully saturated rings. The normalized spacial score (nSPS) is 13.6. The van der Waals surface area contributed by atoms with Crippen LogP contribution in [0.5, 0.6) is 11.5 Å². The molecule has 70 heavy (non-hydrogen) atoms. The molecule has 0 saturated heterocycles. The van der Waals surface area contributed by atoms with Crippen LogP contribution in [-0.4, -0.2) is 9.55 Å². The van der Waals surface area contributed by atoms with Crippen molar-refractivity contribution in [3.05, 3.63) is 235 Å². The van der Waals surface area contributed by atoms with E-state index in [2.05, 4.69) is 266 Å². The van der Waals surface area contributed by atoms with Crippen molar-refractivity contribution in [1.29, 1.82) is 0 Å². The summed E-state index contributed by atoms with van der Waals surface area (Å²) >= 11 is 0. The van der Waals surface area contributed by atoms with E-state index in [1.54, 1.807) is 0 Å². The summed E-state index contributed by atoms with van der Waals surface area (Å²) in [5.74, 6) is 2.04. The van der Waals surface area contributed by atoms with Gasteiger partial charge in [0.2, 0.25) is 0 Å². The van der Waals surface area contributed by atoms with E-state index in [1.807, 2.05) is 18.3 Å². The maximum absolute atomic E-state index is 6.83. The molecular formula is C64H61N4OPt-3. The molecule has 356 valence electrons. The van der Waals surface area contributed by atoms with Crippen LogP contribution in [-0.2, 0) is 42.7 Å². The number of aromatic nitrogens is 2. The van der Waals surface area contributed by atoms with Crippen LogP contribution in [0.2, 0.25) is 0 Å². The molecule has 6 heteroatoms. The summed E-state index contributed by atoms with van der Waals surface area (Å²) in [5, 5.41) is 2.22. The molecule has 0 saturated carbocycles. The van der Waals surface area contributed by atoms with Gasteiger partial charge in [0.25, 0.3) is 0 Å². The van der Waals surface area contributed by atoms with Crippen LogP contribution in [0.15, 0.2) is 194 Å². The number of para-hydroxylation sites is 1. The Morgan fingerprint density at radius 2 is 1.06 bits per heavy atom. The van der Waals surface area contributed by atoms with Gasteiger partial charge in [-0.15, -0.1) is 48.1 Å². The molecule has 0 N–H and O–H groups in total. The van der Waals surface area contributed by atoms with Gasteiger partial charge >= 0.3 is 0 Å². The van der Waals surface area contributed by atoms with E-state index in [-0.39, 0.29) is 31.9 Å². The zero-order valence-electron chi connectivity index (χ0n) is 41.9. The standard InChI is InChI=1S/C64H61N4O.Pt/c1-61(2,3)48-35-36-65-58(40-48)68-56-32-21-20-31-54(56)55-34-33-53(42-57(55)68)69-52-30-22-29-50(41-52)66-43-67(51-38-45(44-23-14-11-15-24-44)37-49(39-51)62(4,5)6)60(64(9,10)47-27-18-13-19-28-47)59(66)63(7,8)46-25-16-12-17-26-46;/h11-40,43H,1-10H3;/q-3;. The first kappa shape index (κ1) is 48.3. The van der Waals surface area contributed by atoms with E-state index in [1.165, 1.54) is 39.1 Å². The Bertz CT molecular complexity index is 3360. The quantitative estimate of drug-likeness (QED) is 0.128. The first-order chi connectivity index (χ1) is 33.0. The molecule has 9 aromatic rings. The summed E-state index contributed by atoms with van der Waals surface area (Å²) in [7, 11) is 0. The predicted molar refractivity (Wildman–Crippen MR) is 287 cm³/mol. The fourth-order valence-electron chi connectivity index (χ4n) is 9.93. The van der Waals surface area contributed by atoms with Crippen molar-refractivity contribution >= 4 is 33.2 Å². The average Bonchev–Trinajstić information content (AvgIpc) is 3.93. The molecule has 0 atom stereocenters. The first-order valence-corrected chi connectivity index (χ1v) is 24.1. The number of benzene rings is 7. The molecule has 0 bridgehead atoms. The van der Waals surface area contributed by atoms with Crippen LogP contribution in [0.4, 0.5) is 11.4 Å². The van der Waals surface area contributed by atoms with Gasteiger partial charge in [0.15, 0.2) is 0 Å². The first-order valence-electron chi connectivity index (χ1n) is 24.1. The number of hydrogen-bond acceptors (Lipinski definition) is 4. The van der Waals surface area contributed by atoms with Crippen LogP contribution in [0.1, 0.15) is 91.5 Å². The minimum Gasteiger partial charge on any atom is -0.509 e. The van der Waals surface area contributed by atoms with Crippen molar-refractivity contribution in [3.63, 3.8) is 0 Å². The maximum Gasteiger partial charge on any atom is 0.135 e. The Balaban J connectivity index is 0.00000608. The van der Waals surface area contributed by atoms with Gasteiger partial charge in [0, 0.05) is 72.2 Å². The Kier molecular flexibility index (Phi) is 12.8. The zero-order valence-corrected chi connectivity index (χ0v) is 44.2. The molecule has 0 aliphatic carbocycles. The molecule has 3 heterocycles. The van der Waals surface area contributed by atoms with E-state index >= 15 is 0 Å². The zero-order chi connectivity index (χ0) is 48.3. The van der Waals surface area contributed by atoms with E-state index < -0.39 is 10.8 Å². The monoisotopic (exact) mass is 1100 g/mol. The Labute approximate surface area is 429 Å². The SMILES string of the molecule is CC(C)(C)c1cc(-c2ccccc2)cc(N2[CH-]N(c3[c-]c(Oc4[c-]c5c(cc4)c4ccccc4n5-c4cc(C(C)(C)C)ccn4)ccc3)C(C(C)(C)c3ccccc3)=C2C(C)(C)c2ccccc2)c1.[Pt]. The Hall–Kier alpha value is -6.68. The molecule has 0 radical (unpaired) electrons. The number of pyridine rings is 1. The molecule has 5 nitrogen and oxygen atoms in total. The van der Waals surface area contributed by atoms with Crippen molar-refractivity contribution in [2.45, 2.75) is 90.9 Å². The summed E-state index contributed by atoms with van der Waals surface area (Å²) in [4.78, 5) is 9.70. The van der Waals surface area contributed by atoms with Gasteiger partial charge in [0.1, 0.15) is 5.82 Å². The molecule has 0 amide bonds.